The van der Waals surface area contributed by atoms with Crippen LogP contribution < -0.4 is 10.1 Å². The van der Waals surface area contributed by atoms with E-state index in [2.05, 4.69) is 45.3 Å². The molecular formula is C14H19BrN2O. The van der Waals surface area contributed by atoms with Gasteiger partial charge in [0.05, 0.1) is 6.61 Å². The molecule has 2 aliphatic rings. The van der Waals surface area contributed by atoms with Crippen LogP contribution in [0.1, 0.15) is 17.5 Å². The van der Waals surface area contributed by atoms with Crippen LogP contribution >= 0.6 is 15.9 Å². The molecule has 1 aromatic carbocycles. The number of hydrogen-bond acceptors (Lipinski definition) is 3. The monoisotopic (exact) mass is 310 g/mol. The molecule has 18 heavy (non-hydrogen) atoms. The standard InChI is InChI=1S/C14H19BrN2O/c1-17-4-2-13(9-17)16-8-11-7-12(15)6-10-3-5-18-14(10)11/h6-7,13,16H,2-5,8-9H2,1H3. The van der Waals surface area contributed by atoms with Crippen LogP contribution in [0.15, 0.2) is 16.6 Å². The first kappa shape index (κ1) is 12.5. The number of rotatable bonds is 3. The number of fused-ring (bicyclic) bond motifs is 1. The zero-order valence-electron chi connectivity index (χ0n) is 10.7. The van der Waals surface area contributed by atoms with Crippen LogP contribution in [-0.2, 0) is 13.0 Å². The molecule has 1 saturated heterocycles. The fourth-order valence-corrected chi connectivity index (χ4v) is 3.39. The van der Waals surface area contributed by atoms with E-state index in [1.54, 1.807) is 0 Å². The average molecular weight is 311 g/mol. The van der Waals surface area contributed by atoms with Gasteiger partial charge in [-0.05, 0) is 37.7 Å². The number of benzene rings is 1. The molecule has 0 spiro atoms. The fourth-order valence-electron chi connectivity index (χ4n) is 2.83. The quantitative estimate of drug-likeness (QED) is 0.926. The Bertz CT molecular complexity index is 450. The lowest BCUT2D eigenvalue weighted by molar-refractivity contribution is 0.350. The van der Waals surface area contributed by atoms with E-state index in [0.29, 0.717) is 6.04 Å². The average Bonchev–Trinajstić information content (AvgIpc) is 2.94. The summed E-state index contributed by atoms with van der Waals surface area (Å²) in [6.07, 6.45) is 2.28. The SMILES string of the molecule is CN1CCC(NCc2cc(Br)cc3c2OCC3)C1. The summed E-state index contributed by atoms with van der Waals surface area (Å²) in [5.41, 5.74) is 2.62. The summed E-state index contributed by atoms with van der Waals surface area (Å²) in [5.74, 6) is 1.11. The highest BCUT2D eigenvalue weighted by atomic mass is 79.9. The molecule has 3 rings (SSSR count). The summed E-state index contributed by atoms with van der Waals surface area (Å²) in [4.78, 5) is 2.37. The van der Waals surface area contributed by atoms with Crippen LogP contribution in [0.3, 0.4) is 0 Å². The van der Waals surface area contributed by atoms with Gasteiger partial charge in [0.25, 0.3) is 0 Å². The van der Waals surface area contributed by atoms with Crippen molar-refractivity contribution in [2.75, 3.05) is 26.7 Å². The highest BCUT2D eigenvalue weighted by Gasteiger charge is 2.21. The van der Waals surface area contributed by atoms with Gasteiger partial charge in [-0.1, -0.05) is 15.9 Å². The number of nitrogens with zero attached hydrogens (tertiary/aromatic N) is 1. The van der Waals surface area contributed by atoms with Gasteiger partial charge in [-0.2, -0.15) is 0 Å². The third kappa shape index (κ3) is 2.56. The third-order valence-electron chi connectivity index (χ3n) is 3.80. The van der Waals surface area contributed by atoms with Crippen LogP contribution in [0.4, 0.5) is 0 Å². The van der Waals surface area contributed by atoms with Crippen molar-refractivity contribution in [1.29, 1.82) is 0 Å². The Morgan fingerprint density at radius 1 is 1.50 bits per heavy atom. The number of hydrogen-bond donors (Lipinski definition) is 1. The Kier molecular flexibility index (Phi) is 3.59. The van der Waals surface area contributed by atoms with Crippen molar-refractivity contribution in [2.24, 2.45) is 0 Å². The molecule has 0 bridgehead atoms. The summed E-state index contributed by atoms with van der Waals surface area (Å²) in [6, 6.07) is 4.97. The number of nitrogens with one attached hydrogen (secondary N) is 1. The van der Waals surface area contributed by atoms with Crippen molar-refractivity contribution in [2.45, 2.75) is 25.4 Å². The first-order chi connectivity index (χ1) is 8.72. The zero-order chi connectivity index (χ0) is 12.5. The third-order valence-corrected chi connectivity index (χ3v) is 4.26. The number of ether oxygens (including phenoxy) is 1. The minimum absolute atomic E-state index is 0.617. The molecule has 1 aromatic rings. The van der Waals surface area contributed by atoms with Gasteiger partial charge in [0.2, 0.25) is 0 Å². The predicted molar refractivity (Wildman–Crippen MR) is 76.1 cm³/mol. The maximum absolute atomic E-state index is 5.75. The second-order valence-electron chi connectivity index (χ2n) is 5.28. The second-order valence-corrected chi connectivity index (χ2v) is 6.20. The summed E-state index contributed by atoms with van der Waals surface area (Å²) < 4.78 is 6.91. The van der Waals surface area contributed by atoms with Gasteiger partial charge in [-0.25, -0.2) is 0 Å². The second kappa shape index (κ2) is 5.19. The molecule has 0 aliphatic carbocycles. The predicted octanol–water partition coefficient (Wildman–Crippen LogP) is 2.18. The van der Waals surface area contributed by atoms with Crippen LogP contribution in [0.25, 0.3) is 0 Å². The van der Waals surface area contributed by atoms with Gasteiger partial charge in [0, 0.05) is 35.6 Å². The Hall–Kier alpha value is -0.580. The molecule has 4 heteroatoms. The van der Waals surface area contributed by atoms with E-state index in [0.717, 1.165) is 36.3 Å². The molecule has 1 N–H and O–H groups in total. The summed E-state index contributed by atoms with van der Waals surface area (Å²) in [5, 5.41) is 3.64. The van der Waals surface area contributed by atoms with Crippen molar-refractivity contribution >= 4 is 15.9 Å². The minimum Gasteiger partial charge on any atom is -0.493 e. The highest BCUT2D eigenvalue weighted by molar-refractivity contribution is 9.10. The summed E-state index contributed by atoms with van der Waals surface area (Å²) in [6.45, 7) is 4.08. The smallest absolute Gasteiger partial charge is 0.127 e. The Morgan fingerprint density at radius 2 is 2.39 bits per heavy atom. The van der Waals surface area contributed by atoms with Gasteiger partial charge >= 0.3 is 0 Å². The van der Waals surface area contributed by atoms with E-state index < -0.39 is 0 Å². The van der Waals surface area contributed by atoms with E-state index in [4.69, 9.17) is 4.74 Å². The van der Waals surface area contributed by atoms with Crippen LogP contribution in [0.5, 0.6) is 5.75 Å². The maximum atomic E-state index is 5.75. The molecular weight excluding hydrogens is 292 g/mol. The van der Waals surface area contributed by atoms with E-state index in [-0.39, 0.29) is 0 Å². The normalized spacial score (nSPS) is 23.1. The van der Waals surface area contributed by atoms with Crippen LogP contribution in [0.2, 0.25) is 0 Å². The van der Waals surface area contributed by atoms with Crippen molar-refractivity contribution in [3.05, 3.63) is 27.7 Å². The number of likely N-dealkylation sites (N-methyl/N-ethyl adjacent to an activating group) is 1. The zero-order valence-corrected chi connectivity index (χ0v) is 12.3. The lowest BCUT2D eigenvalue weighted by Crippen LogP contribution is -2.31. The molecule has 98 valence electrons. The molecule has 0 aromatic heterocycles. The van der Waals surface area contributed by atoms with Crippen molar-refractivity contribution in [3.63, 3.8) is 0 Å². The van der Waals surface area contributed by atoms with Crippen molar-refractivity contribution in [3.8, 4) is 5.75 Å². The minimum atomic E-state index is 0.617. The Balaban J connectivity index is 1.69. The largest absolute Gasteiger partial charge is 0.493 e. The van der Waals surface area contributed by atoms with E-state index >= 15 is 0 Å². The first-order valence-corrected chi connectivity index (χ1v) is 7.37. The lowest BCUT2D eigenvalue weighted by Gasteiger charge is -2.15. The maximum Gasteiger partial charge on any atom is 0.127 e. The Labute approximate surface area is 117 Å². The van der Waals surface area contributed by atoms with E-state index in [1.807, 2.05) is 0 Å². The molecule has 1 unspecified atom stereocenters. The molecule has 0 saturated carbocycles. The summed E-state index contributed by atoms with van der Waals surface area (Å²) in [7, 11) is 2.18. The van der Waals surface area contributed by atoms with Crippen LogP contribution in [-0.4, -0.2) is 37.7 Å². The van der Waals surface area contributed by atoms with Gasteiger partial charge in [-0.15, -0.1) is 0 Å². The van der Waals surface area contributed by atoms with Crippen molar-refractivity contribution in [1.82, 2.24) is 10.2 Å². The van der Waals surface area contributed by atoms with E-state index in [1.165, 1.54) is 24.1 Å². The van der Waals surface area contributed by atoms with Gasteiger partial charge in [-0.3, -0.25) is 0 Å². The van der Waals surface area contributed by atoms with Gasteiger partial charge in [0.1, 0.15) is 5.75 Å². The van der Waals surface area contributed by atoms with Gasteiger partial charge < -0.3 is 15.0 Å². The Morgan fingerprint density at radius 3 is 3.17 bits per heavy atom. The lowest BCUT2D eigenvalue weighted by atomic mass is 10.1. The molecule has 1 fully saturated rings. The molecule has 3 nitrogen and oxygen atoms in total. The fraction of sp³-hybridized carbons (Fsp3) is 0.571. The molecule has 0 radical (unpaired) electrons. The molecule has 2 heterocycles. The molecule has 2 aliphatic heterocycles. The number of likely N-dealkylation sites (tertiary alicyclic amines) is 1. The molecule has 0 amide bonds. The highest BCUT2D eigenvalue weighted by Crippen LogP contribution is 2.33. The topological polar surface area (TPSA) is 24.5 Å². The van der Waals surface area contributed by atoms with Crippen LogP contribution in [0, 0.1) is 0 Å². The molecule has 1 atom stereocenters. The van der Waals surface area contributed by atoms with Gasteiger partial charge in [0.15, 0.2) is 0 Å². The summed E-state index contributed by atoms with van der Waals surface area (Å²) >= 11 is 3.59. The first-order valence-electron chi connectivity index (χ1n) is 6.58. The van der Waals surface area contributed by atoms with Crippen molar-refractivity contribution < 1.29 is 4.74 Å². The van der Waals surface area contributed by atoms with E-state index in [9.17, 15) is 0 Å². The number of halogens is 1.